The molecule has 0 saturated carbocycles. The Hall–Kier alpha value is -1.40. The zero-order chi connectivity index (χ0) is 13.2. The topological polar surface area (TPSA) is 93.0 Å². The lowest BCUT2D eigenvalue weighted by Gasteiger charge is -2.11. The van der Waals surface area contributed by atoms with Crippen molar-refractivity contribution < 1.29 is 9.53 Å². The maximum atomic E-state index is 10.9. The number of nitrogens with zero attached hydrogens (tertiary/aromatic N) is 1. The Morgan fingerprint density at radius 2 is 2.44 bits per heavy atom. The molecule has 1 aromatic heterocycles. The van der Waals surface area contributed by atoms with Gasteiger partial charge in [0.25, 0.3) is 0 Å². The smallest absolute Gasteiger partial charge is 0.245 e. The molecule has 6 nitrogen and oxygen atoms in total. The van der Waals surface area contributed by atoms with E-state index in [4.69, 9.17) is 10.5 Å². The quantitative estimate of drug-likeness (QED) is 0.549. The lowest BCUT2D eigenvalue weighted by molar-refractivity contribution is -0.125. The summed E-state index contributed by atoms with van der Waals surface area (Å²) in [7, 11) is 1.59. The summed E-state index contributed by atoms with van der Waals surface area (Å²) >= 11 is 0. The predicted octanol–water partition coefficient (Wildman–Crippen LogP) is 0.212. The van der Waals surface area contributed by atoms with E-state index in [0.29, 0.717) is 6.61 Å². The largest absolute Gasteiger partial charge is 0.372 e. The Labute approximate surface area is 107 Å². The van der Waals surface area contributed by atoms with Crippen molar-refractivity contribution in [3.05, 3.63) is 18.2 Å². The highest BCUT2D eigenvalue weighted by atomic mass is 16.5. The van der Waals surface area contributed by atoms with Gasteiger partial charge in [-0.05, 0) is 25.7 Å². The lowest BCUT2D eigenvalue weighted by atomic mass is 10.1. The first kappa shape index (κ1) is 14.7. The number of carbonyl (C=O) groups is 1. The molecule has 4 N–H and O–H groups in total. The monoisotopic (exact) mass is 254 g/mol. The normalized spacial score (nSPS) is 12.3. The predicted molar refractivity (Wildman–Crippen MR) is 69.0 cm³/mol. The van der Waals surface area contributed by atoms with E-state index in [-0.39, 0.29) is 18.6 Å². The molecule has 1 aromatic rings. The fourth-order valence-corrected chi connectivity index (χ4v) is 1.59. The summed E-state index contributed by atoms with van der Waals surface area (Å²) in [6.45, 7) is 0.635. The highest BCUT2D eigenvalue weighted by Gasteiger charge is 2.04. The molecule has 0 bridgehead atoms. The van der Waals surface area contributed by atoms with Crippen molar-refractivity contribution in [3.63, 3.8) is 0 Å². The minimum Gasteiger partial charge on any atom is -0.372 e. The summed E-state index contributed by atoms with van der Waals surface area (Å²) in [5.41, 5.74) is 7.09. The SMILES string of the molecule is CNC(=O)COCCC(N)CCCc1cnc[nH]1. The van der Waals surface area contributed by atoms with Crippen LogP contribution >= 0.6 is 0 Å². The third-order valence-corrected chi connectivity index (χ3v) is 2.72. The summed E-state index contributed by atoms with van der Waals surface area (Å²) in [6.07, 6.45) is 7.23. The van der Waals surface area contributed by atoms with Gasteiger partial charge in [-0.25, -0.2) is 4.98 Å². The van der Waals surface area contributed by atoms with Gasteiger partial charge in [-0.3, -0.25) is 4.79 Å². The summed E-state index contributed by atoms with van der Waals surface area (Å²) in [6, 6.07) is 0.123. The van der Waals surface area contributed by atoms with Crippen LogP contribution in [-0.4, -0.2) is 42.2 Å². The van der Waals surface area contributed by atoms with Crippen LogP contribution in [0.1, 0.15) is 25.0 Å². The van der Waals surface area contributed by atoms with E-state index in [1.807, 2.05) is 6.20 Å². The van der Waals surface area contributed by atoms with E-state index in [1.165, 1.54) is 0 Å². The van der Waals surface area contributed by atoms with Crippen LogP contribution in [0.3, 0.4) is 0 Å². The number of nitrogens with one attached hydrogen (secondary N) is 2. The first-order valence-electron chi connectivity index (χ1n) is 6.23. The number of ether oxygens (including phenoxy) is 1. The average molecular weight is 254 g/mol. The molecule has 0 radical (unpaired) electrons. The van der Waals surface area contributed by atoms with E-state index in [9.17, 15) is 4.79 Å². The fraction of sp³-hybridized carbons (Fsp3) is 0.667. The molecular weight excluding hydrogens is 232 g/mol. The van der Waals surface area contributed by atoms with Gasteiger partial charge in [-0.1, -0.05) is 0 Å². The number of aromatic amines is 1. The number of amides is 1. The molecular formula is C12H22N4O2. The molecule has 18 heavy (non-hydrogen) atoms. The van der Waals surface area contributed by atoms with Gasteiger partial charge in [0.1, 0.15) is 6.61 Å². The van der Waals surface area contributed by atoms with Crippen LogP contribution in [-0.2, 0) is 16.0 Å². The number of hydrogen-bond donors (Lipinski definition) is 3. The van der Waals surface area contributed by atoms with Crippen molar-refractivity contribution in [1.29, 1.82) is 0 Å². The van der Waals surface area contributed by atoms with Gasteiger partial charge in [-0.2, -0.15) is 0 Å². The minimum absolute atomic E-state index is 0.108. The lowest BCUT2D eigenvalue weighted by Crippen LogP contribution is -2.26. The summed E-state index contributed by atoms with van der Waals surface area (Å²) < 4.78 is 5.20. The maximum Gasteiger partial charge on any atom is 0.245 e. The van der Waals surface area contributed by atoms with Crippen LogP contribution in [0.2, 0.25) is 0 Å². The third kappa shape index (κ3) is 6.36. The van der Waals surface area contributed by atoms with Gasteiger partial charge in [0.05, 0.1) is 6.33 Å². The van der Waals surface area contributed by atoms with E-state index in [1.54, 1.807) is 13.4 Å². The summed E-state index contributed by atoms with van der Waals surface area (Å²) in [5.74, 6) is -0.109. The molecule has 6 heteroatoms. The van der Waals surface area contributed by atoms with Gasteiger partial charge in [0.15, 0.2) is 0 Å². The van der Waals surface area contributed by atoms with Crippen molar-refractivity contribution in [2.45, 2.75) is 31.7 Å². The first-order valence-corrected chi connectivity index (χ1v) is 6.23. The Morgan fingerprint density at radius 3 is 3.11 bits per heavy atom. The van der Waals surface area contributed by atoms with Gasteiger partial charge in [0.2, 0.25) is 5.91 Å². The molecule has 0 aliphatic carbocycles. The van der Waals surface area contributed by atoms with E-state index < -0.39 is 0 Å². The molecule has 102 valence electrons. The van der Waals surface area contributed by atoms with Crippen LogP contribution in [0.25, 0.3) is 0 Å². The van der Waals surface area contributed by atoms with Gasteiger partial charge in [0, 0.05) is 31.6 Å². The highest BCUT2D eigenvalue weighted by Crippen LogP contribution is 2.04. The van der Waals surface area contributed by atoms with Crippen LogP contribution in [0.15, 0.2) is 12.5 Å². The number of likely N-dealkylation sites (N-methyl/N-ethyl adjacent to an activating group) is 1. The Kier molecular flexibility index (Phi) is 7.05. The number of nitrogens with two attached hydrogens (primary N) is 1. The molecule has 0 aliphatic rings. The van der Waals surface area contributed by atoms with E-state index in [0.717, 1.165) is 31.4 Å². The Bertz CT molecular complexity index is 327. The average Bonchev–Trinajstić information content (AvgIpc) is 2.87. The fourth-order valence-electron chi connectivity index (χ4n) is 1.59. The highest BCUT2D eigenvalue weighted by molar-refractivity contribution is 5.76. The molecule has 0 fully saturated rings. The molecule has 1 heterocycles. The molecule has 0 aromatic carbocycles. The second-order valence-corrected chi connectivity index (χ2v) is 4.24. The second-order valence-electron chi connectivity index (χ2n) is 4.24. The molecule has 1 unspecified atom stereocenters. The Balaban J connectivity index is 1.97. The molecule has 1 amide bonds. The molecule has 1 atom stereocenters. The number of rotatable bonds is 9. The van der Waals surface area contributed by atoms with Crippen molar-refractivity contribution in [3.8, 4) is 0 Å². The standard InChI is InChI=1S/C12H22N4O2/c1-14-12(17)8-18-6-5-10(13)3-2-4-11-7-15-9-16-11/h7,9-10H,2-6,8,13H2,1H3,(H,14,17)(H,15,16). The van der Waals surface area contributed by atoms with Crippen molar-refractivity contribution >= 4 is 5.91 Å². The van der Waals surface area contributed by atoms with E-state index in [2.05, 4.69) is 15.3 Å². The molecule has 0 spiro atoms. The van der Waals surface area contributed by atoms with Crippen molar-refractivity contribution in [1.82, 2.24) is 15.3 Å². The van der Waals surface area contributed by atoms with Crippen LogP contribution in [0, 0.1) is 0 Å². The van der Waals surface area contributed by atoms with Crippen LogP contribution in [0.4, 0.5) is 0 Å². The van der Waals surface area contributed by atoms with E-state index >= 15 is 0 Å². The molecule has 0 saturated heterocycles. The molecule has 1 rings (SSSR count). The number of imidazole rings is 1. The second kappa shape index (κ2) is 8.66. The number of aromatic nitrogens is 2. The summed E-state index contributed by atoms with van der Waals surface area (Å²) in [5, 5.41) is 2.50. The van der Waals surface area contributed by atoms with Crippen LogP contribution in [0.5, 0.6) is 0 Å². The number of H-pyrrole nitrogens is 1. The minimum atomic E-state index is -0.109. The number of hydrogen-bond acceptors (Lipinski definition) is 4. The van der Waals surface area contributed by atoms with Crippen LogP contribution < -0.4 is 11.1 Å². The molecule has 0 aliphatic heterocycles. The van der Waals surface area contributed by atoms with Gasteiger partial charge >= 0.3 is 0 Å². The van der Waals surface area contributed by atoms with Gasteiger partial charge in [-0.15, -0.1) is 0 Å². The Morgan fingerprint density at radius 1 is 1.61 bits per heavy atom. The zero-order valence-electron chi connectivity index (χ0n) is 10.8. The number of aryl methyl sites for hydroxylation is 1. The van der Waals surface area contributed by atoms with Crippen molar-refractivity contribution in [2.75, 3.05) is 20.3 Å². The first-order chi connectivity index (χ1) is 8.72. The van der Waals surface area contributed by atoms with Crippen molar-refractivity contribution in [2.24, 2.45) is 5.73 Å². The third-order valence-electron chi connectivity index (χ3n) is 2.72. The van der Waals surface area contributed by atoms with Gasteiger partial charge < -0.3 is 20.8 Å². The zero-order valence-corrected chi connectivity index (χ0v) is 10.8. The maximum absolute atomic E-state index is 10.9. The summed E-state index contributed by atoms with van der Waals surface area (Å²) in [4.78, 5) is 17.9. The number of carbonyl (C=O) groups excluding carboxylic acids is 1.